The molecule has 0 spiro atoms. The van der Waals surface area contributed by atoms with Gasteiger partial charge in [0, 0.05) is 30.0 Å². The number of ether oxygens (including phenoxy) is 1. The van der Waals surface area contributed by atoms with Crippen LogP contribution in [0.5, 0.6) is 5.75 Å². The van der Waals surface area contributed by atoms with Crippen molar-refractivity contribution in [3.8, 4) is 5.75 Å². The van der Waals surface area contributed by atoms with Gasteiger partial charge in [0.1, 0.15) is 24.2 Å². The summed E-state index contributed by atoms with van der Waals surface area (Å²) in [6.45, 7) is 1.35. The molecule has 4 aromatic carbocycles. The number of hydrogen-bond donors (Lipinski definition) is 1. The van der Waals surface area contributed by atoms with Gasteiger partial charge in [0.25, 0.3) is 10.0 Å². The SMILES string of the molecule is CCOc1ccc(N(CC(=O)N(Cc2ccccc2F)C(Cc2ccccc2)C(=O)NC)S(=O)(=O)c2ccc(Br)cc2)cc1. The number of amides is 2. The van der Waals surface area contributed by atoms with Crippen molar-refractivity contribution in [3.05, 3.63) is 125 Å². The Bertz CT molecular complexity index is 1670. The zero-order chi connectivity index (χ0) is 31.7. The summed E-state index contributed by atoms with van der Waals surface area (Å²) in [6, 6.07) is 26.4. The topological polar surface area (TPSA) is 96.0 Å². The molecule has 4 aromatic rings. The number of benzene rings is 4. The van der Waals surface area contributed by atoms with Crippen LogP contribution in [0.4, 0.5) is 10.1 Å². The molecular formula is C33H33BrFN3O5S. The van der Waals surface area contributed by atoms with Gasteiger partial charge in [-0.1, -0.05) is 64.5 Å². The molecule has 0 saturated carbocycles. The van der Waals surface area contributed by atoms with Crippen molar-refractivity contribution in [2.24, 2.45) is 0 Å². The second-order valence-electron chi connectivity index (χ2n) is 9.83. The van der Waals surface area contributed by atoms with Gasteiger partial charge in [-0.3, -0.25) is 13.9 Å². The number of carbonyl (C=O) groups excluding carboxylic acids is 2. The molecule has 0 aliphatic carbocycles. The van der Waals surface area contributed by atoms with E-state index in [0.717, 1.165) is 9.87 Å². The quantitative estimate of drug-likeness (QED) is 0.199. The smallest absolute Gasteiger partial charge is 0.264 e. The molecule has 0 aliphatic rings. The molecule has 0 saturated heterocycles. The number of hydrogen-bond acceptors (Lipinski definition) is 5. The molecule has 1 N–H and O–H groups in total. The van der Waals surface area contributed by atoms with Gasteiger partial charge >= 0.3 is 0 Å². The predicted octanol–water partition coefficient (Wildman–Crippen LogP) is 5.57. The largest absolute Gasteiger partial charge is 0.494 e. The van der Waals surface area contributed by atoms with E-state index in [1.807, 2.05) is 37.3 Å². The lowest BCUT2D eigenvalue weighted by atomic mass is 10.0. The van der Waals surface area contributed by atoms with Crippen LogP contribution < -0.4 is 14.4 Å². The maximum atomic E-state index is 14.9. The zero-order valence-electron chi connectivity index (χ0n) is 24.3. The first-order valence-electron chi connectivity index (χ1n) is 13.9. The van der Waals surface area contributed by atoms with Gasteiger partial charge in [0.2, 0.25) is 11.8 Å². The van der Waals surface area contributed by atoms with Crippen LogP contribution in [0.25, 0.3) is 0 Å². The number of nitrogens with zero attached hydrogens (tertiary/aromatic N) is 2. The number of halogens is 2. The first-order chi connectivity index (χ1) is 21.1. The Morgan fingerprint density at radius 2 is 1.55 bits per heavy atom. The fraction of sp³-hybridized carbons (Fsp3) is 0.212. The normalized spacial score (nSPS) is 11.8. The van der Waals surface area contributed by atoms with Crippen molar-refractivity contribution in [2.45, 2.75) is 30.8 Å². The predicted molar refractivity (Wildman–Crippen MR) is 171 cm³/mol. The Morgan fingerprint density at radius 3 is 2.16 bits per heavy atom. The highest BCUT2D eigenvalue weighted by atomic mass is 79.9. The Hall–Kier alpha value is -4.22. The molecule has 0 heterocycles. The van der Waals surface area contributed by atoms with Crippen LogP contribution in [0.3, 0.4) is 0 Å². The highest BCUT2D eigenvalue weighted by Crippen LogP contribution is 2.28. The summed E-state index contributed by atoms with van der Waals surface area (Å²) in [7, 11) is -2.81. The van der Waals surface area contributed by atoms with E-state index in [1.54, 1.807) is 42.5 Å². The van der Waals surface area contributed by atoms with Crippen molar-refractivity contribution >= 4 is 43.5 Å². The lowest BCUT2D eigenvalue weighted by molar-refractivity contribution is -0.139. The number of anilines is 1. The highest BCUT2D eigenvalue weighted by Gasteiger charge is 2.34. The fourth-order valence-corrected chi connectivity index (χ4v) is 6.35. The molecule has 0 fully saturated rings. The summed E-state index contributed by atoms with van der Waals surface area (Å²) < 4.78 is 50.2. The molecule has 0 aliphatic heterocycles. The number of nitrogens with one attached hydrogen (secondary N) is 1. The molecule has 230 valence electrons. The Labute approximate surface area is 265 Å². The van der Waals surface area contributed by atoms with Crippen LogP contribution in [0, 0.1) is 5.82 Å². The molecule has 4 rings (SSSR count). The maximum absolute atomic E-state index is 14.9. The maximum Gasteiger partial charge on any atom is 0.264 e. The molecule has 1 unspecified atom stereocenters. The first kappa shape index (κ1) is 32.7. The number of sulfonamides is 1. The summed E-state index contributed by atoms with van der Waals surface area (Å²) in [5, 5.41) is 2.61. The van der Waals surface area contributed by atoms with E-state index < -0.39 is 40.2 Å². The summed E-state index contributed by atoms with van der Waals surface area (Å²) >= 11 is 3.33. The third kappa shape index (κ3) is 8.03. The van der Waals surface area contributed by atoms with E-state index in [9.17, 15) is 22.4 Å². The summed E-state index contributed by atoms with van der Waals surface area (Å²) in [6.07, 6.45) is 0.128. The third-order valence-corrected chi connectivity index (χ3v) is 9.25. The molecular weight excluding hydrogens is 649 g/mol. The zero-order valence-corrected chi connectivity index (χ0v) is 26.7. The van der Waals surface area contributed by atoms with Crippen LogP contribution in [0.15, 0.2) is 112 Å². The van der Waals surface area contributed by atoms with Gasteiger partial charge in [0.05, 0.1) is 17.2 Å². The molecule has 44 heavy (non-hydrogen) atoms. The van der Waals surface area contributed by atoms with Crippen molar-refractivity contribution < 1.29 is 27.1 Å². The van der Waals surface area contributed by atoms with E-state index in [1.165, 1.54) is 42.3 Å². The first-order valence-corrected chi connectivity index (χ1v) is 16.2. The van der Waals surface area contributed by atoms with Crippen LogP contribution in [0.2, 0.25) is 0 Å². The van der Waals surface area contributed by atoms with Crippen LogP contribution in [-0.4, -0.2) is 51.4 Å². The molecule has 0 radical (unpaired) electrons. The average Bonchev–Trinajstić information content (AvgIpc) is 3.03. The van der Waals surface area contributed by atoms with Crippen LogP contribution in [0.1, 0.15) is 18.1 Å². The van der Waals surface area contributed by atoms with Gasteiger partial charge < -0.3 is 15.0 Å². The highest BCUT2D eigenvalue weighted by molar-refractivity contribution is 9.10. The number of likely N-dealkylation sites (N-methyl/N-ethyl adjacent to an activating group) is 1. The van der Waals surface area contributed by atoms with E-state index in [4.69, 9.17) is 4.74 Å². The monoisotopic (exact) mass is 681 g/mol. The minimum atomic E-state index is -4.27. The van der Waals surface area contributed by atoms with Crippen molar-refractivity contribution in [2.75, 3.05) is 24.5 Å². The Balaban J connectivity index is 1.79. The second-order valence-corrected chi connectivity index (χ2v) is 12.6. The Kier molecular flexibility index (Phi) is 11.1. The standard InChI is InChI=1S/C33H33BrFN3O5S/c1-3-43-28-17-15-27(16-18-28)38(44(41,42)29-19-13-26(34)14-20-29)23-32(39)37(22-25-11-7-8-12-30(25)35)31(33(40)36-2)21-24-9-5-4-6-10-24/h4-20,31H,3,21-23H2,1-2H3,(H,36,40). The molecule has 1 atom stereocenters. The molecule has 8 nitrogen and oxygen atoms in total. The van der Waals surface area contributed by atoms with E-state index in [0.29, 0.717) is 16.8 Å². The van der Waals surface area contributed by atoms with Gasteiger partial charge in [-0.15, -0.1) is 0 Å². The van der Waals surface area contributed by atoms with E-state index >= 15 is 0 Å². The molecule has 2 amide bonds. The van der Waals surface area contributed by atoms with Gasteiger partial charge in [0.15, 0.2) is 0 Å². The van der Waals surface area contributed by atoms with Gasteiger partial charge in [-0.2, -0.15) is 0 Å². The Morgan fingerprint density at radius 1 is 0.909 bits per heavy atom. The lowest BCUT2D eigenvalue weighted by Crippen LogP contribution is -2.53. The number of rotatable bonds is 13. The van der Waals surface area contributed by atoms with Gasteiger partial charge in [-0.25, -0.2) is 12.8 Å². The summed E-state index contributed by atoms with van der Waals surface area (Å²) in [5.41, 5.74) is 1.18. The van der Waals surface area contributed by atoms with E-state index in [2.05, 4.69) is 21.2 Å². The number of carbonyl (C=O) groups is 2. The minimum Gasteiger partial charge on any atom is -0.494 e. The molecule has 0 aromatic heterocycles. The fourth-order valence-electron chi connectivity index (χ4n) is 4.67. The van der Waals surface area contributed by atoms with Crippen LogP contribution >= 0.6 is 15.9 Å². The van der Waals surface area contributed by atoms with Crippen LogP contribution in [-0.2, 0) is 32.6 Å². The lowest BCUT2D eigenvalue weighted by Gasteiger charge is -2.33. The summed E-state index contributed by atoms with van der Waals surface area (Å²) in [5.74, 6) is -1.17. The van der Waals surface area contributed by atoms with Gasteiger partial charge in [-0.05, 0) is 67.1 Å². The van der Waals surface area contributed by atoms with E-state index in [-0.39, 0.29) is 29.1 Å². The summed E-state index contributed by atoms with van der Waals surface area (Å²) in [4.78, 5) is 28.8. The van der Waals surface area contributed by atoms with Crippen molar-refractivity contribution in [1.82, 2.24) is 10.2 Å². The average molecular weight is 683 g/mol. The minimum absolute atomic E-state index is 0.0322. The second kappa shape index (κ2) is 15.0. The molecule has 11 heteroatoms. The van der Waals surface area contributed by atoms with Crippen molar-refractivity contribution in [3.63, 3.8) is 0 Å². The molecule has 0 bridgehead atoms. The van der Waals surface area contributed by atoms with Crippen molar-refractivity contribution in [1.29, 1.82) is 0 Å². The third-order valence-electron chi connectivity index (χ3n) is 6.93.